The third kappa shape index (κ3) is 5.55. The summed E-state index contributed by atoms with van der Waals surface area (Å²) in [5.74, 6) is -0.353. The zero-order valence-electron chi connectivity index (χ0n) is 19.0. The summed E-state index contributed by atoms with van der Waals surface area (Å²) in [6.07, 6.45) is 1.86. The summed E-state index contributed by atoms with van der Waals surface area (Å²) in [6.45, 7) is 7.97. The molecule has 0 bridgehead atoms. The average molecular weight is 458 g/mol. The first kappa shape index (κ1) is 23.9. The highest BCUT2D eigenvalue weighted by Gasteiger charge is 2.29. The lowest BCUT2D eigenvalue weighted by Gasteiger charge is -2.21. The van der Waals surface area contributed by atoms with Crippen LogP contribution in [0, 0.1) is 5.92 Å². The van der Waals surface area contributed by atoms with Crippen LogP contribution in [0.3, 0.4) is 0 Å². The number of aryl methyl sites for hydroxylation is 1. The Labute approximate surface area is 190 Å². The van der Waals surface area contributed by atoms with Crippen molar-refractivity contribution in [1.82, 2.24) is 4.72 Å². The van der Waals surface area contributed by atoms with Crippen LogP contribution < -0.4 is 14.9 Å². The van der Waals surface area contributed by atoms with Crippen LogP contribution in [0.1, 0.15) is 45.2 Å². The highest BCUT2D eigenvalue weighted by atomic mass is 32.2. The Hall–Kier alpha value is -2.71. The third-order valence-corrected chi connectivity index (χ3v) is 7.06. The number of rotatable bonds is 8. The summed E-state index contributed by atoms with van der Waals surface area (Å²) >= 11 is 0. The van der Waals surface area contributed by atoms with Crippen molar-refractivity contribution in [3.05, 3.63) is 53.6 Å². The quantitative estimate of drug-likeness (QED) is 0.634. The van der Waals surface area contributed by atoms with Gasteiger partial charge >= 0.3 is 0 Å². The van der Waals surface area contributed by atoms with Gasteiger partial charge in [0.25, 0.3) is 0 Å². The van der Waals surface area contributed by atoms with Crippen LogP contribution in [0.25, 0.3) is 0 Å². The highest BCUT2D eigenvalue weighted by molar-refractivity contribution is 7.89. The monoisotopic (exact) mass is 457 g/mol. The van der Waals surface area contributed by atoms with Crippen molar-refractivity contribution in [1.29, 1.82) is 0 Å². The van der Waals surface area contributed by atoms with Gasteiger partial charge in [0.15, 0.2) is 0 Å². The maximum Gasteiger partial charge on any atom is 0.242 e. The topological polar surface area (TPSA) is 95.6 Å². The number of anilines is 2. The molecule has 1 aliphatic heterocycles. The lowest BCUT2D eigenvalue weighted by atomic mass is 10.0. The fraction of sp³-hybridized carbons (Fsp3) is 0.417. The minimum absolute atomic E-state index is 0.0712. The Morgan fingerprint density at radius 1 is 1.09 bits per heavy atom. The summed E-state index contributed by atoms with van der Waals surface area (Å²) in [6, 6.07) is 11.3. The van der Waals surface area contributed by atoms with Gasteiger partial charge in [-0.05, 0) is 66.6 Å². The number of nitrogens with one attached hydrogen (secondary N) is 2. The van der Waals surface area contributed by atoms with Crippen molar-refractivity contribution in [3.63, 3.8) is 0 Å². The standard InChI is InChI=1S/C24H31N3O4S/c1-5-18-6-8-20(9-7-18)25-24(29)22(14-16(2)3)26-32(30,31)21-10-11-23-19(15-21)12-13-27(23)17(4)28/h6-11,15-16,22,26H,5,12-14H2,1-4H3,(H,25,29)/t22-/m1/s1. The lowest BCUT2D eigenvalue weighted by Crippen LogP contribution is -2.44. The van der Waals surface area contributed by atoms with Crippen LogP contribution in [-0.2, 0) is 32.5 Å². The number of carbonyl (C=O) groups excluding carboxylic acids is 2. The van der Waals surface area contributed by atoms with Crippen LogP contribution in [0.5, 0.6) is 0 Å². The number of carbonyl (C=O) groups is 2. The number of sulfonamides is 1. The van der Waals surface area contributed by atoms with Crippen LogP contribution in [-0.4, -0.2) is 32.8 Å². The minimum Gasteiger partial charge on any atom is -0.325 e. The Morgan fingerprint density at radius 2 is 1.78 bits per heavy atom. The molecule has 0 saturated heterocycles. The summed E-state index contributed by atoms with van der Waals surface area (Å²) in [5.41, 5.74) is 3.33. The fourth-order valence-electron chi connectivity index (χ4n) is 3.86. The van der Waals surface area contributed by atoms with Crippen LogP contribution in [0.4, 0.5) is 11.4 Å². The molecule has 3 rings (SSSR count). The Kier molecular flexibility index (Phi) is 7.36. The van der Waals surface area contributed by atoms with E-state index in [1.54, 1.807) is 17.0 Å². The second kappa shape index (κ2) is 9.83. The SMILES string of the molecule is CCc1ccc(NC(=O)[C@@H](CC(C)C)NS(=O)(=O)c2ccc3c(c2)CCN3C(C)=O)cc1. The van der Waals surface area contributed by atoms with Crippen molar-refractivity contribution in [2.45, 2.75) is 57.9 Å². The molecule has 0 fully saturated rings. The van der Waals surface area contributed by atoms with E-state index in [1.165, 1.54) is 13.0 Å². The summed E-state index contributed by atoms with van der Waals surface area (Å²) in [7, 11) is -3.93. The molecule has 32 heavy (non-hydrogen) atoms. The maximum absolute atomic E-state index is 13.1. The molecule has 2 aromatic carbocycles. The van der Waals surface area contributed by atoms with E-state index in [2.05, 4.69) is 17.0 Å². The second-order valence-electron chi connectivity index (χ2n) is 8.55. The molecule has 1 heterocycles. The minimum atomic E-state index is -3.93. The van der Waals surface area contributed by atoms with E-state index in [4.69, 9.17) is 0 Å². The van der Waals surface area contributed by atoms with Gasteiger partial charge in [-0.25, -0.2) is 8.42 Å². The number of fused-ring (bicyclic) bond motifs is 1. The Balaban J connectivity index is 1.79. The zero-order valence-corrected chi connectivity index (χ0v) is 19.8. The van der Waals surface area contributed by atoms with Crippen LogP contribution >= 0.6 is 0 Å². The van der Waals surface area contributed by atoms with E-state index in [0.29, 0.717) is 25.1 Å². The number of amides is 2. The van der Waals surface area contributed by atoms with E-state index in [9.17, 15) is 18.0 Å². The van der Waals surface area contributed by atoms with Crippen molar-refractivity contribution < 1.29 is 18.0 Å². The second-order valence-corrected chi connectivity index (χ2v) is 10.3. The van der Waals surface area contributed by atoms with E-state index in [-0.39, 0.29) is 16.7 Å². The van der Waals surface area contributed by atoms with Gasteiger partial charge in [-0.1, -0.05) is 32.9 Å². The number of hydrogen-bond donors (Lipinski definition) is 2. The molecule has 0 unspecified atom stereocenters. The van der Waals surface area contributed by atoms with Crippen LogP contribution in [0.15, 0.2) is 47.4 Å². The number of hydrogen-bond acceptors (Lipinski definition) is 4. The zero-order chi connectivity index (χ0) is 23.5. The molecular weight excluding hydrogens is 426 g/mol. The number of nitrogens with zero attached hydrogens (tertiary/aromatic N) is 1. The fourth-order valence-corrected chi connectivity index (χ4v) is 5.12. The molecule has 0 radical (unpaired) electrons. The van der Waals surface area contributed by atoms with E-state index < -0.39 is 22.0 Å². The van der Waals surface area contributed by atoms with E-state index in [0.717, 1.165) is 23.2 Å². The van der Waals surface area contributed by atoms with Crippen LogP contribution in [0.2, 0.25) is 0 Å². The van der Waals surface area contributed by atoms with Gasteiger partial charge in [-0.3, -0.25) is 9.59 Å². The summed E-state index contributed by atoms with van der Waals surface area (Å²) in [4.78, 5) is 26.4. The first-order chi connectivity index (χ1) is 15.1. The molecule has 2 amide bonds. The largest absolute Gasteiger partial charge is 0.325 e. The van der Waals surface area contributed by atoms with Gasteiger partial charge in [-0.15, -0.1) is 0 Å². The van der Waals surface area contributed by atoms with Gasteiger partial charge in [0.05, 0.1) is 4.90 Å². The molecule has 1 aliphatic rings. The van der Waals surface area contributed by atoms with Crippen molar-refractivity contribution >= 4 is 33.2 Å². The Bertz CT molecular complexity index is 1090. The molecule has 0 saturated carbocycles. The maximum atomic E-state index is 13.1. The summed E-state index contributed by atoms with van der Waals surface area (Å²) < 4.78 is 28.8. The molecule has 0 spiro atoms. The van der Waals surface area contributed by atoms with Gasteiger partial charge in [0.1, 0.15) is 6.04 Å². The molecule has 2 aromatic rings. The first-order valence-corrected chi connectivity index (χ1v) is 12.4. The molecule has 8 heteroatoms. The van der Waals surface area contributed by atoms with Crippen molar-refractivity contribution in [2.24, 2.45) is 5.92 Å². The predicted molar refractivity (Wildman–Crippen MR) is 126 cm³/mol. The smallest absolute Gasteiger partial charge is 0.242 e. The normalized spacial score (nSPS) is 14.3. The molecule has 7 nitrogen and oxygen atoms in total. The Morgan fingerprint density at radius 3 is 2.38 bits per heavy atom. The molecule has 1 atom stereocenters. The molecule has 0 aliphatic carbocycles. The third-order valence-electron chi connectivity index (χ3n) is 5.59. The van der Waals surface area contributed by atoms with E-state index >= 15 is 0 Å². The van der Waals surface area contributed by atoms with Gasteiger partial charge in [-0.2, -0.15) is 4.72 Å². The highest BCUT2D eigenvalue weighted by Crippen LogP contribution is 2.30. The predicted octanol–water partition coefficient (Wildman–Crippen LogP) is 3.49. The molecule has 172 valence electrons. The van der Waals surface area contributed by atoms with Gasteiger partial charge in [0, 0.05) is 24.8 Å². The lowest BCUT2D eigenvalue weighted by molar-refractivity contribution is -0.118. The van der Waals surface area contributed by atoms with Gasteiger partial charge in [0.2, 0.25) is 21.8 Å². The molecule has 2 N–H and O–H groups in total. The first-order valence-electron chi connectivity index (χ1n) is 10.9. The van der Waals surface area contributed by atoms with Gasteiger partial charge < -0.3 is 10.2 Å². The summed E-state index contributed by atoms with van der Waals surface area (Å²) in [5, 5.41) is 2.82. The average Bonchev–Trinajstić information content (AvgIpc) is 3.17. The molecular formula is C24H31N3O4S. The van der Waals surface area contributed by atoms with Crippen molar-refractivity contribution in [3.8, 4) is 0 Å². The number of benzene rings is 2. The van der Waals surface area contributed by atoms with E-state index in [1.807, 2.05) is 38.1 Å². The van der Waals surface area contributed by atoms with Crippen molar-refractivity contribution in [2.75, 3.05) is 16.8 Å². The molecule has 0 aromatic heterocycles.